The Kier molecular flexibility index (Phi) is 3.91. The van der Waals surface area contributed by atoms with E-state index in [4.69, 9.17) is 0 Å². The van der Waals surface area contributed by atoms with Gasteiger partial charge < -0.3 is 5.11 Å². The highest BCUT2D eigenvalue weighted by Crippen LogP contribution is 2.28. The molecule has 0 amide bonds. The molecule has 13 heavy (non-hydrogen) atoms. The quantitative estimate of drug-likeness (QED) is 0.727. The third-order valence-electron chi connectivity index (χ3n) is 2.93. The number of hydrogen-bond acceptors (Lipinski definition) is 2. The smallest absolute Gasteiger partial charge is 0.161 e. The van der Waals surface area contributed by atoms with Crippen LogP contribution in [0.4, 0.5) is 0 Å². The van der Waals surface area contributed by atoms with E-state index in [-0.39, 0.29) is 11.7 Å². The first kappa shape index (κ1) is 10.7. The van der Waals surface area contributed by atoms with Crippen LogP contribution in [0.3, 0.4) is 0 Å². The zero-order valence-corrected chi connectivity index (χ0v) is 8.62. The second-order valence-corrected chi connectivity index (χ2v) is 4.51. The van der Waals surface area contributed by atoms with E-state index in [2.05, 4.69) is 0 Å². The van der Waals surface area contributed by atoms with E-state index in [0.717, 1.165) is 0 Å². The van der Waals surface area contributed by atoms with Gasteiger partial charge >= 0.3 is 0 Å². The van der Waals surface area contributed by atoms with E-state index in [1.165, 1.54) is 25.7 Å². The van der Waals surface area contributed by atoms with Crippen LogP contribution in [-0.2, 0) is 4.79 Å². The zero-order valence-electron chi connectivity index (χ0n) is 8.62. The number of hydrogen-bond donors (Lipinski definition) is 1. The Balaban J connectivity index is 2.31. The van der Waals surface area contributed by atoms with Gasteiger partial charge in [0.1, 0.15) is 6.10 Å². The van der Waals surface area contributed by atoms with Crippen molar-refractivity contribution in [3.05, 3.63) is 0 Å². The van der Waals surface area contributed by atoms with Crippen LogP contribution in [0.2, 0.25) is 0 Å². The average Bonchev–Trinajstić information content (AvgIpc) is 2.55. The number of carbonyl (C=O) groups is 1. The molecule has 1 N–H and O–H groups in total. The Labute approximate surface area is 80.3 Å². The third kappa shape index (κ3) is 3.11. The molecule has 0 aliphatic heterocycles. The summed E-state index contributed by atoms with van der Waals surface area (Å²) in [5, 5.41) is 9.51. The van der Waals surface area contributed by atoms with Gasteiger partial charge in [0, 0.05) is 6.42 Å². The number of carbonyl (C=O) groups excluding carboxylic acids is 1. The summed E-state index contributed by atoms with van der Waals surface area (Å²) in [6.45, 7) is 3.77. The second kappa shape index (κ2) is 4.75. The Hall–Kier alpha value is -0.370. The molecular weight excluding hydrogens is 164 g/mol. The maximum Gasteiger partial charge on any atom is 0.161 e. The molecule has 1 aliphatic rings. The fourth-order valence-electron chi connectivity index (χ4n) is 1.99. The zero-order chi connectivity index (χ0) is 9.84. The highest BCUT2D eigenvalue weighted by molar-refractivity contribution is 5.83. The van der Waals surface area contributed by atoms with Crippen molar-refractivity contribution in [1.82, 2.24) is 0 Å². The van der Waals surface area contributed by atoms with Crippen molar-refractivity contribution in [3.8, 4) is 0 Å². The molecule has 0 saturated heterocycles. The Morgan fingerprint density at radius 2 is 1.92 bits per heavy atom. The van der Waals surface area contributed by atoms with Gasteiger partial charge in [-0.3, -0.25) is 4.79 Å². The maximum absolute atomic E-state index is 11.5. The van der Waals surface area contributed by atoms with E-state index in [1.807, 2.05) is 13.8 Å². The Bertz CT molecular complexity index is 169. The van der Waals surface area contributed by atoms with Crippen molar-refractivity contribution in [3.63, 3.8) is 0 Å². The molecule has 1 atom stereocenters. The molecule has 1 aliphatic carbocycles. The maximum atomic E-state index is 11.5. The van der Waals surface area contributed by atoms with Gasteiger partial charge in [0.15, 0.2) is 5.78 Å². The number of aliphatic hydroxyl groups is 1. The highest BCUT2D eigenvalue weighted by atomic mass is 16.3. The van der Waals surface area contributed by atoms with E-state index in [0.29, 0.717) is 12.3 Å². The molecule has 0 radical (unpaired) electrons. The van der Waals surface area contributed by atoms with E-state index < -0.39 is 6.10 Å². The molecule has 0 heterocycles. The van der Waals surface area contributed by atoms with Crippen LogP contribution < -0.4 is 0 Å². The summed E-state index contributed by atoms with van der Waals surface area (Å²) in [4.78, 5) is 11.5. The minimum atomic E-state index is -0.736. The van der Waals surface area contributed by atoms with Crippen LogP contribution >= 0.6 is 0 Å². The summed E-state index contributed by atoms with van der Waals surface area (Å²) in [6, 6.07) is 0. The molecule has 76 valence electrons. The highest BCUT2D eigenvalue weighted by Gasteiger charge is 2.24. The van der Waals surface area contributed by atoms with Gasteiger partial charge in [-0.05, 0) is 11.8 Å². The molecule has 0 aromatic rings. The summed E-state index contributed by atoms with van der Waals surface area (Å²) in [5.41, 5.74) is 0. The SMILES string of the molecule is CC(C)C(O)C(=O)CC1CCCC1. The van der Waals surface area contributed by atoms with Crippen LogP contribution in [0.15, 0.2) is 0 Å². The molecule has 0 spiro atoms. The summed E-state index contributed by atoms with van der Waals surface area (Å²) < 4.78 is 0. The topological polar surface area (TPSA) is 37.3 Å². The lowest BCUT2D eigenvalue weighted by molar-refractivity contribution is -0.130. The van der Waals surface area contributed by atoms with Crippen LogP contribution in [0.1, 0.15) is 46.0 Å². The number of ketones is 1. The first-order chi connectivity index (χ1) is 6.11. The summed E-state index contributed by atoms with van der Waals surface area (Å²) >= 11 is 0. The molecule has 0 aromatic heterocycles. The van der Waals surface area contributed by atoms with E-state index >= 15 is 0 Å². The molecule has 1 fully saturated rings. The lowest BCUT2D eigenvalue weighted by Crippen LogP contribution is -2.27. The van der Waals surface area contributed by atoms with Gasteiger partial charge in [0.25, 0.3) is 0 Å². The van der Waals surface area contributed by atoms with Crippen molar-refractivity contribution in [1.29, 1.82) is 0 Å². The molecular formula is C11H20O2. The van der Waals surface area contributed by atoms with Gasteiger partial charge in [-0.15, -0.1) is 0 Å². The Morgan fingerprint density at radius 1 is 1.38 bits per heavy atom. The van der Waals surface area contributed by atoms with Gasteiger partial charge in [-0.25, -0.2) is 0 Å². The molecule has 1 unspecified atom stereocenters. The summed E-state index contributed by atoms with van der Waals surface area (Å²) in [5.74, 6) is 0.664. The Morgan fingerprint density at radius 3 is 2.38 bits per heavy atom. The lowest BCUT2D eigenvalue weighted by Gasteiger charge is -2.15. The van der Waals surface area contributed by atoms with Crippen molar-refractivity contribution >= 4 is 5.78 Å². The van der Waals surface area contributed by atoms with Crippen molar-refractivity contribution < 1.29 is 9.90 Å². The van der Waals surface area contributed by atoms with Gasteiger partial charge in [-0.2, -0.15) is 0 Å². The van der Waals surface area contributed by atoms with Crippen molar-refractivity contribution in [2.24, 2.45) is 11.8 Å². The minimum absolute atomic E-state index is 0.0434. The third-order valence-corrected chi connectivity index (χ3v) is 2.93. The summed E-state index contributed by atoms with van der Waals surface area (Å²) in [7, 11) is 0. The molecule has 0 aromatic carbocycles. The second-order valence-electron chi connectivity index (χ2n) is 4.51. The lowest BCUT2D eigenvalue weighted by atomic mass is 9.94. The van der Waals surface area contributed by atoms with Crippen molar-refractivity contribution in [2.45, 2.75) is 52.1 Å². The molecule has 2 heteroatoms. The first-order valence-corrected chi connectivity index (χ1v) is 5.32. The van der Waals surface area contributed by atoms with Crippen LogP contribution in [0.25, 0.3) is 0 Å². The molecule has 2 nitrogen and oxygen atoms in total. The van der Waals surface area contributed by atoms with Gasteiger partial charge in [-0.1, -0.05) is 39.5 Å². The van der Waals surface area contributed by atoms with E-state index in [9.17, 15) is 9.90 Å². The summed E-state index contributed by atoms with van der Waals surface area (Å²) in [6.07, 6.45) is 4.73. The number of aliphatic hydroxyl groups excluding tert-OH is 1. The monoisotopic (exact) mass is 184 g/mol. The van der Waals surface area contributed by atoms with Crippen molar-refractivity contribution in [2.75, 3.05) is 0 Å². The molecule has 1 saturated carbocycles. The van der Waals surface area contributed by atoms with Crippen LogP contribution in [0, 0.1) is 11.8 Å². The van der Waals surface area contributed by atoms with Crippen LogP contribution in [-0.4, -0.2) is 17.0 Å². The van der Waals surface area contributed by atoms with Gasteiger partial charge in [0.2, 0.25) is 0 Å². The fraction of sp³-hybridized carbons (Fsp3) is 0.909. The standard InChI is InChI=1S/C11H20O2/c1-8(2)11(13)10(12)7-9-5-3-4-6-9/h8-9,11,13H,3-7H2,1-2H3. The van der Waals surface area contributed by atoms with E-state index in [1.54, 1.807) is 0 Å². The number of Topliss-reactive ketones (excluding diaryl/α,β-unsaturated/α-hetero) is 1. The minimum Gasteiger partial charge on any atom is -0.385 e. The fourth-order valence-corrected chi connectivity index (χ4v) is 1.99. The molecule has 0 bridgehead atoms. The first-order valence-electron chi connectivity index (χ1n) is 5.32. The molecule has 1 rings (SSSR count). The number of rotatable bonds is 4. The van der Waals surface area contributed by atoms with Crippen LogP contribution in [0.5, 0.6) is 0 Å². The predicted molar refractivity (Wildman–Crippen MR) is 52.4 cm³/mol. The normalized spacial score (nSPS) is 20.9. The average molecular weight is 184 g/mol. The van der Waals surface area contributed by atoms with Gasteiger partial charge in [0.05, 0.1) is 0 Å². The predicted octanol–water partition coefficient (Wildman–Crippen LogP) is 2.15. The largest absolute Gasteiger partial charge is 0.385 e.